The third kappa shape index (κ3) is 1.98. The second-order valence-corrected chi connectivity index (χ2v) is 2.54. The molecule has 1 heterocycles. The van der Waals surface area contributed by atoms with Crippen molar-refractivity contribution >= 4 is 17.9 Å². The summed E-state index contributed by atoms with van der Waals surface area (Å²) in [5, 5.41) is -0.404. The number of hydrogen-bond acceptors (Lipinski definition) is 2. The average Bonchev–Trinajstić information content (AvgIpc) is 2.02. The van der Waals surface area contributed by atoms with E-state index in [0.717, 1.165) is 6.07 Å². The Morgan fingerprint density at radius 3 is 2.62 bits per heavy atom. The van der Waals surface area contributed by atoms with E-state index >= 15 is 0 Å². The highest BCUT2D eigenvalue weighted by Gasteiger charge is 2.18. The summed E-state index contributed by atoms with van der Waals surface area (Å²) in [7, 11) is 0. The lowest BCUT2D eigenvalue weighted by Gasteiger charge is -2.03. The second-order valence-electron chi connectivity index (χ2n) is 2.16. The SMILES string of the molecule is O=Cc1c(C(F)F)cc(Cl)nc1F. The first-order chi connectivity index (χ1) is 6.06. The summed E-state index contributed by atoms with van der Waals surface area (Å²) < 4.78 is 37.0. The molecular formula is C7H3ClF3NO. The van der Waals surface area contributed by atoms with Gasteiger partial charge >= 0.3 is 0 Å². The molecule has 1 aromatic rings. The monoisotopic (exact) mass is 209 g/mol. The summed E-state index contributed by atoms with van der Waals surface area (Å²) >= 11 is 5.22. The van der Waals surface area contributed by atoms with Crippen LogP contribution in [0.1, 0.15) is 22.3 Å². The zero-order valence-electron chi connectivity index (χ0n) is 6.10. The van der Waals surface area contributed by atoms with Crippen LogP contribution >= 0.6 is 11.6 Å². The number of alkyl halides is 2. The minimum absolute atomic E-state index is 0.0137. The molecule has 0 saturated carbocycles. The van der Waals surface area contributed by atoms with Gasteiger partial charge in [0.05, 0.1) is 5.56 Å². The zero-order valence-corrected chi connectivity index (χ0v) is 6.86. The van der Waals surface area contributed by atoms with Crippen molar-refractivity contribution in [2.75, 3.05) is 0 Å². The molecule has 0 atom stereocenters. The molecule has 0 N–H and O–H groups in total. The number of carbonyl (C=O) groups is 1. The Morgan fingerprint density at radius 1 is 1.54 bits per heavy atom. The molecule has 0 spiro atoms. The van der Waals surface area contributed by atoms with Crippen molar-refractivity contribution in [1.82, 2.24) is 4.98 Å². The van der Waals surface area contributed by atoms with Crippen LogP contribution in [0.4, 0.5) is 13.2 Å². The Bertz CT molecular complexity index is 343. The fourth-order valence-electron chi connectivity index (χ4n) is 0.809. The molecular weight excluding hydrogens is 207 g/mol. The normalized spacial score (nSPS) is 10.5. The van der Waals surface area contributed by atoms with Crippen molar-refractivity contribution < 1.29 is 18.0 Å². The maximum absolute atomic E-state index is 12.7. The fraction of sp³-hybridized carbons (Fsp3) is 0.143. The highest BCUT2D eigenvalue weighted by molar-refractivity contribution is 6.29. The minimum Gasteiger partial charge on any atom is -0.298 e. The molecule has 0 bridgehead atoms. The van der Waals surface area contributed by atoms with Crippen LogP contribution in [-0.4, -0.2) is 11.3 Å². The minimum atomic E-state index is -2.95. The van der Waals surface area contributed by atoms with Gasteiger partial charge < -0.3 is 0 Å². The van der Waals surface area contributed by atoms with Gasteiger partial charge in [-0.15, -0.1) is 0 Å². The van der Waals surface area contributed by atoms with E-state index in [1.165, 1.54) is 0 Å². The molecule has 6 heteroatoms. The molecule has 0 unspecified atom stereocenters. The molecule has 0 radical (unpaired) electrons. The lowest BCUT2D eigenvalue weighted by atomic mass is 10.1. The van der Waals surface area contributed by atoms with Gasteiger partial charge in [-0.1, -0.05) is 11.6 Å². The van der Waals surface area contributed by atoms with E-state index in [1.807, 2.05) is 0 Å². The standard InChI is InChI=1S/C7H3ClF3NO/c8-5-1-3(6(9)10)4(2-13)7(11)12-5/h1-2,6H. The molecule has 0 aromatic carbocycles. The largest absolute Gasteiger partial charge is 0.298 e. The van der Waals surface area contributed by atoms with Crippen molar-refractivity contribution in [3.8, 4) is 0 Å². The summed E-state index contributed by atoms with van der Waals surface area (Å²) in [5.41, 5.74) is -1.49. The van der Waals surface area contributed by atoms with Gasteiger partial charge in [0.25, 0.3) is 6.43 Å². The predicted octanol–water partition coefficient (Wildman–Crippen LogP) is 2.62. The van der Waals surface area contributed by atoms with Crippen LogP contribution in [-0.2, 0) is 0 Å². The van der Waals surface area contributed by atoms with Crippen LogP contribution in [0.15, 0.2) is 6.07 Å². The molecule has 0 aliphatic heterocycles. The van der Waals surface area contributed by atoms with Crippen LogP contribution in [0, 0.1) is 5.95 Å². The van der Waals surface area contributed by atoms with E-state index in [1.54, 1.807) is 0 Å². The number of rotatable bonds is 2. The number of nitrogens with zero attached hydrogens (tertiary/aromatic N) is 1. The van der Waals surface area contributed by atoms with Gasteiger partial charge in [-0.3, -0.25) is 4.79 Å². The summed E-state index contributed by atoms with van der Waals surface area (Å²) in [6.07, 6.45) is -2.96. The lowest BCUT2D eigenvalue weighted by molar-refractivity contribution is 0.110. The Hall–Kier alpha value is -1.10. The fourth-order valence-corrected chi connectivity index (χ4v) is 1.00. The molecule has 13 heavy (non-hydrogen) atoms. The number of carbonyl (C=O) groups excluding carboxylic acids is 1. The van der Waals surface area contributed by atoms with Gasteiger partial charge in [-0.2, -0.15) is 4.39 Å². The molecule has 0 fully saturated rings. The molecule has 0 saturated heterocycles. The van der Waals surface area contributed by atoms with Gasteiger partial charge in [0, 0.05) is 5.56 Å². The van der Waals surface area contributed by atoms with Crippen LogP contribution in [0.5, 0.6) is 0 Å². The van der Waals surface area contributed by atoms with E-state index in [0.29, 0.717) is 0 Å². The Morgan fingerprint density at radius 2 is 2.15 bits per heavy atom. The van der Waals surface area contributed by atoms with Gasteiger partial charge in [-0.05, 0) is 6.07 Å². The van der Waals surface area contributed by atoms with Crippen molar-refractivity contribution in [2.24, 2.45) is 0 Å². The van der Waals surface area contributed by atoms with Crippen molar-refractivity contribution in [1.29, 1.82) is 0 Å². The first kappa shape index (κ1) is 9.98. The van der Waals surface area contributed by atoms with E-state index < -0.39 is 28.7 Å². The Balaban J connectivity index is 3.38. The first-order valence-electron chi connectivity index (χ1n) is 3.15. The molecule has 0 aliphatic carbocycles. The third-order valence-corrected chi connectivity index (χ3v) is 1.56. The first-order valence-corrected chi connectivity index (χ1v) is 3.53. The second kappa shape index (κ2) is 3.74. The molecule has 0 amide bonds. The lowest BCUT2D eigenvalue weighted by Crippen LogP contribution is -2.00. The number of pyridine rings is 1. The predicted molar refractivity (Wildman–Crippen MR) is 39.5 cm³/mol. The number of hydrogen-bond donors (Lipinski definition) is 0. The Kier molecular flexibility index (Phi) is 2.87. The van der Waals surface area contributed by atoms with Crippen LogP contribution in [0.2, 0.25) is 5.15 Å². The Labute approximate surface area is 76.3 Å². The van der Waals surface area contributed by atoms with E-state index in [-0.39, 0.29) is 6.29 Å². The summed E-state index contributed by atoms with van der Waals surface area (Å²) in [6, 6.07) is 0.763. The van der Waals surface area contributed by atoms with Gasteiger partial charge in [0.1, 0.15) is 5.15 Å². The van der Waals surface area contributed by atoms with Gasteiger partial charge in [0.2, 0.25) is 5.95 Å². The molecule has 1 aromatic heterocycles. The van der Waals surface area contributed by atoms with Crippen molar-refractivity contribution in [3.05, 3.63) is 28.3 Å². The molecule has 0 aliphatic rings. The van der Waals surface area contributed by atoms with Crippen LogP contribution in [0.25, 0.3) is 0 Å². The number of aromatic nitrogens is 1. The van der Waals surface area contributed by atoms with Crippen molar-refractivity contribution in [3.63, 3.8) is 0 Å². The van der Waals surface area contributed by atoms with Crippen LogP contribution in [0.3, 0.4) is 0 Å². The molecule has 70 valence electrons. The van der Waals surface area contributed by atoms with E-state index in [4.69, 9.17) is 11.6 Å². The van der Waals surface area contributed by atoms with Crippen molar-refractivity contribution in [2.45, 2.75) is 6.43 Å². The molecule has 1 rings (SSSR count). The summed E-state index contributed by atoms with van der Waals surface area (Å²) in [6.45, 7) is 0. The quantitative estimate of drug-likeness (QED) is 0.554. The van der Waals surface area contributed by atoms with Gasteiger partial charge in [-0.25, -0.2) is 13.8 Å². The summed E-state index contributed by atoms with van der Waals surface area (Å²) in [4.78, 5) is 13.2. The topological polar surface area (TPSA) is 30.0 Å². The maximum atomic E-state index is 12.7. The number of aldehydes is 1. The molecule has 2 nitrogen and oxygen atoms in total. The smallest absolute Gasteiger partial charge is 0.264 e. The highest BCUT2D eigenvalue weighted by atomic mass is 35.5. The van der Waals surface area contributed by atoms with E-state index in [2.05, 4.69) is 4.98 Å². The average molecular weight is 210 g/mol. The zero-order chi connectivity index (χ0) is 10.0. The third-order valence-electron chi connectivity index (χ3n) is 1.37. The highest BCUT2D eigenvalue weighted by Crippen LogP contribution is 2.25. The number of halogens is 4. The van der Waals surface area contributed by atoms with E-state index in [9.17, 15) is 18.0 Å². The summed E-state index contributed by atoms with van der Waals surface area (Å²) in [5.74, 6) is -1.28. The van der Waals surface area contributed by atoms with Crippen LogP contribution < -0.4 is 0 Å². The maximum Gasteiger partial charge on any atom is 0.264 e. The van der Waals surface area contributed by atoms with Gasteiger partial charge in [0.15, 0.2) is 6.29 Å².